The molecule has 0 N–H and O–H groups in total. The lowest BCUT2D eigenvalue weighted by Gasteiger charge is -2.23. The minimum absolute atomic E-state index is 0.162. The van der Waals surface area contributed by atoms with Gasteiger partial charge in [0.25, 0.3) is 0 Å². The summed E-state index contributed by atoms with van der Waals surface area (Å²) in [6.45, 7) is 4.04. The summed E-state index contributed by atoms with van der Waals surface area (Å²) in [5.74, 6) is -0.162. The standard InChI is InChI=1S/C14H18F3NO/c1-2-12-4-3-9-18(12)10-11-5-7-13(8-6-11)19-14(15,16)17/h5-8,12H,2-4,9-10H2,1H3. The van der Waals surface area contributed by atoms with Crippen molar-refractivity contribution >= 4 is 0 Å². The van der Waals surface area contributed by atoms with Gasteiger partial charge in [-0.05, 0) is 43.5 Å². The SMILES string of the molecule is CCC1CCCN1Cc1ccc(OC(F)(F)F)cc1. The number of hydrogen-bond donors (Lipinski definition) is 0. The van der Waals surface area contributed by atoms with Crippen molar-refractivity contribution in [1.29, 1.82) is 0 Å². The fourth-order valence-corrected chi connectivity index (χ4v) is 2.60. The summed E-state index contributed by atoms with van der Waals surface area (Å²) in [6.07, 6.45) is -1.08. The molecule has 0 spiro atoms. The molecule has 19 heavy (non-hydrogen) atoms. The Bertz CT molecular complexity index is 402. The highest BCUT2D eigenvalue weighted by atomic mass is 19.4. The first-order valence-electron chi connectivity index (χ1n) is 6.56. The third kappa shape index (κ3) is 4.13. The summed E-state index contributed by atoms with van der Waals surface area (Å²) in [6, 6.07) is 6.75. The summed E-state index contributed by atoms with van der Waals surface area (Å²) in [4.78, 5) is 2.39. The van der Waals surface area contributed by atoms with Gasteiger partial charge in [-0.15, -0.1) is 13.2 Å². The van der Waals surface area contributed by atoms with Crippen LogP contribution in [0.1, 0.15) is 31.7 Å². The molecule has 1 atom stereocenters. The van der Waals surface area contributed by atoms with Gasteiger partial charge in [-0.2, -0.15) is 0 Å². The molecule has 1 aromatic carbocycles. The van der Waals surface area contributed by atoms with Gasteiger partial charge in [0.1, 0.15) is 5.75 Å². The first-order valence-corrected chi connectivity index (χ1v) is 6.56. The van der Waals surface area contributed by atoms with Crippen LogP contribution in [0.5, 0.6) is 5.75 Å². The molecule has 1 aliphatic heterocycles. The van der Waals surface area contributed by atoms with Crippen molar-refractivity contribution in [2.45, 2.75) is 45.1 Å². The fourth-order valence-electron chi connectivity index (χ4n) is 2.60. The van der Waals surface area contributed by atoms with Crippen molar-refractivity contribution in [3.8, 4) is 5.75 Å². The van der Waals surface area contributed by atoms with Crippen LogP contribution >= 0.6 is 0 Å². The molecule has 1 heterocycles. The van der Waals surface area contributed by atoms with E-state index in [4.69, 9.17) is 0 Å². The van der Waals surface area contributed by atoms with Gasteiger partial charge in [0.05, 0.1) is 0 Å². The fraction of sp³-hybridized carbons (Fsp3) is 0.571. The zero-order valence-electron chi connectivity index (χ0n) is 10.9. The summed E-state index contributed by atoms with van der Waals surface area (Å²) >= 11 is 0. The summed E-state index contributed by atoms with van der Waals surface area (Å²) < 4.78 is 40.0. The second-order valence-corrected chi connectivity index (χ2v) is 4.87. The average molecular weight is 273 g/mol. The molecule has 0 aromatic heterocycles. The van der Waals surface area contributed by atoms with E-state index >= 15 is 0 Å². The maximum atomic E-state index is 12.0. The van der Waals surface area contributed by atoms with E-state index in [1.54, 1.807) is 12.1 Å². The van der Waals surface area contributed by atoms with Crippen LogP contribution in [0.15, 0.2) is 24.3 Å². The van der Waals surface area contributed by atoms with Crippen molar-refractivity contribution in [2.24, 2.45) is 0 Å². The van der Waals surface area contributed by atoms with Crippen molar-refractivity contribution in [1.82, 2.24) is 4.90 Å². The topological polar surface area (TPSA) is 12.5 Å². The third-order valence-corrected chi connectivity index (χ3v) is 3.51. The quantitative estimate of drug-likeness (QED) is 0.823. The Morgan fingerprint density at radius 1 is 1.26 bits per heavy atom. The summed E-state index contributed by atoms with van der Waals surface area (Å²) in [5, 5.41) is 0. The van der Waals surface area contributed by atoms with Crippen molar-refractivity contribution < 1.29 is 17.9 Å². The molecule has 0 aliphatic carbocycles. The highest BCUT2D eigenvalue weighted by molar-refractivity contribution is 5.27. The van der Waals surface area contributed by atoms with Gasteiger partial charge in [-0.25, -0.2) is 0 Å². The van der Waals surface area contributed by atoms with Gasteiger partial charge in [0.2, 0.25) is 0 Å². The van der Waals surface area contributed by atoms with Crippen LogP contribution in [0.4, 0.5) is 13.2 Å². The third-order valence-electron chi connectivity index (χ3n) is 3.51. The second kappa shape index (κ2) is 5.82. The molecule has 0 amide bonds. The van der Waals surface area contributed by atoms with Gasteiger partial charge in [0.15, 0.2) is 0 Å². The van der Waals surface area contributed by atoms with Crippen molar-refractivity contribution in [2.75, 3.05) is 6.54 Å². The van der Waals surface area contributed by atoms with E-state index in [2.05, 4.69) is 16.6 Å². The molecule has 2 nitrogen and oxygen atoms in total. The minimum atomic E-state index is -4.62. The van der Waals surface area contributed by atoms with Crippen molar-refractivity contribution in [3.63, 3.8) is 0 Å². The molecule has 106 valence electrons. The lowest BCUT2D eigenvalue weighted by atomic mass is 10.1. The minimum Gasteiger partial charge on any atom is -0.406 e. The van der Waals surface area contributed by atoms with E-state index < -0.39 is 6.36 Å². The zero-order chi connectivity index (χ0) is 13.9. The largest absolute Gasteiger partial charge is 0.573 e. The molecule has 1 fully saturated rings. The number of hydrogen-bond acceptors (Lipinski definition) is 2. The summed E-state index contributed by atoms with van der Waals surface area (Å²) in [5.41, 5.74) is 1.02. The number of benzene rings is 1. The Balaban J connectivity index is 1.95. The number of alkyl halides is 3. The normalized spacial score (nSPS) is 20.7. The molecule has 0 saturated carbocycles. The predicted octanol–water partition coefficient (Wildman–Crippen LogP) is 3.96. The van der Waals surface area contributed by atoms with Crippen LogP contribution in [0.3, 0.4) is 0 Å². The number of ether oxygens (including phenoxy) is 1. The van der Waals surface area contributed by atoms with Gasteiger partial charge in [-0.1, -0.05) is 19.1 Å². The van der Waals surface area contributed by atoms with Crippen LogP contribution in [-0.2, 0) is 6.54 Å². The van der Waals surface area contributed by atoms with Gasteiger partial charge < -0.3 is 4.74 Å². The monoisotopic (exact) mass is 273 g/mol. The number of nitrogens with zero attached hydrogens (tertiary/aromatic N) is 1. The lowest BCUT2D eigenvalue weighted by Crippen LogP contribution is -2.28. The molecule has 1 unspecified atom stereocenters. The second-order valence-electron chi connectivity index (χ2n) is 4.87. The Kier molecular flexibility index (Phi) is 4.34. The Morgan fingerprint density at radius 2 is 1.95 bits per heavy atom. The molecular formula is C14H18F3NO. The van der Waals surface area contributed by atoms with Gasteiger partial charge in [0, 0.05) is 12.6 Å². The molecule has 5 heteroatoms. The predicted molar refractivity (Wildman–Crippen MR) is 66.8 cm³/mol. The highest BCUT2D eigenvalue weighted by Crippen LogP contribution is 2.25. The first kappa shape index (κ1) is 14.2. The van der Waals surface area contributed by atoms with E-state index in [-0.39, 0.29) is 5.75 Å². The first-order chi connectivity index (χ1) is 8.98. The molecule has 1 aromatic rings. The number of rotatable bonds is 4. The lowest BCUT2D eigenvalue weighted by molar-refractivity contribution is -0.274. The maximum absolute atomic E-state index is 12.0. The van der Waals surface area contributed by atoms with E-state index in [1.807, 2.05) is 0 Å². The highest BCUT2D eigenvalue weighted by Gasteiger charge is 2.31. The van der Waals surface area contributed by atoms with Gasteiger partial charge >= 0.3 is 6.36 Å². The molecular weight excluding hydrogens is 255 g/mol. The Morgan fingerprint density at radius 3 is 2.53 bits per heavy atom. The molecule has 0 radical (unpaired) electrons. The van der Waals surface area contributed by atoms with Crippen LogP contribution in [0.25, 0.3) is 0 Å². The van der Waals surface area contributed by atoms with Gasteiger partial charge in [-0.3, -0.25) is 4.90 Å². The number of halogens is 3. The van der Waals surface area contributed by atoms with Crippen molar-refractivity contribution in [3.05, 3.63) is 29.8 Å². The van der Waals surface area contributed by atoms with Crippen LogP contribution < -0.4 is 4.74 Å². The smallest absolute Gasteiger partial charge is 0.406 e. The van der Waals surface area contributed by atoms with Crippen LogP contribution in [0.2, 0.25) is 0 Å². The Labute approximate surface area is 111 Å². The van der Waals surface area contributed by atoms with Crippen LogP contribution in [0, 0.1) is 0 Å². The van der Waals surface area contributed by atoms with E-state index in [0.717, 1.165) is 25.1 Å². The van der Waals surface area contributed by atoms with Crippen LogP contribution in [-0.4, -0.2) is 23.8 Å². The molecule has 2 rings (SSSR count). The molecule has 1 aliphatic rings. The van der Waals surface area contributed by atoms with E-state index in [9.17, 15) is 13.2 Å². The number of likely N-dealkylation sites (tertiary alicyclic amines) is 1. The summed E-state index contributed by atoms with van der Waals surface area (Å²) in [7, 11) is 0. The maximum Gasteiger partial charge on any atom is 0.573 e. The van der Waals surface area contributed by atoms with E-state index in [0.29, 0.717) is 6.04 Å². The average Bonchev–Trinajstić information content (AvgIpc) is 2.77. The zero-order valence-corrected chi connectivity index (χ0v) is 10.9. The Hall–Kier alpha value is -1.23. The molecule has 1 saturated heterocycles. The van der Waals surface area contributed by atoms with E-state index in [1.165, 1.54) is 25.0 Å². The molecule has 0 bridgehead atoms.